The molecule has 0 spiro atoms. The maximum atomic E-state index is 12.9. The van der Waals surface area contributed by atoms with Gasteiger partial charge in [0, 0.05) is 24.7 Å². The summed E-state index contributed by atoms with van der Waals surface area (Å²) in [4.78, 5) is 4.17. The zero-order chi connectivity index (χ0) is 11.5. The highest BCUT2D eigenvalue weighted by Crippen LogP contribution is 2.17. The molecule has 1 heterocycles. The molecule has 0 saturated carbocycles. The van der Waals surface area contributed by atoms with Gasteiger partial charge in [0.15, 0.2) is 6.10 Å². The number of nitrogens with one attached hydrogen (secondary N) is 1. The van der Waals surface area contributed by atoms with Gasteiger partial charge in [-0.3, -0.25) is 4.99 Å². The van der Waals surface area contributed by atoms with Gasteiger partial charge in [-0.25, -0.2) is 8.78 Å². The highest BCUT2D eigenvalue weighted by molar-refractivity contribution is 5.87. The molecule has 1 N–H and O–H groups in total. The first kappa shape index (κ1) is 10.9. The fourth-order valence-corrected chi connectivity index (χ4v) is 1.55. The van der Waals surface area contributed by atoms with Gasteiger partial charge >= 0.3 is 0 Å². The molecule has 3 nitrogen and oxygen atoms in total. The normalized spacial score (nSPS) is 16.6. The van der Waals surface area contributed by atoms with E-state index in [0.717, 1.165) is 24.7 Å². The topological polar surface area (TPSA) is 33.6 Å². The summed E-state index contributed by atoms with van der Waals surface area (Å²) in [5.41, 5.74) is 0. The summed E-state index contributed by atoms with van der Waals surface area (Å²) in [6, 6.07) is 3.10. The van der Waals surface area contributed by atoms with Crippen molar-refractivity contribution in [1.82, 2.24) is 5.32 Å². The van der Waals surface area contributed by atoms with E-state index < -0.39 is 11.6 Å². The summed E-state index contributed by atoms with van der Waals surface area (Å²) >= 11 is 0. The standard InChI is InChI=1S/C11H12F2N2O/c1-7(11-14-2-3-15-11)16-10-5-8(12)4-9(13)6-10/h4-7H,2-3H2,1H3,(H,14,15). The third kappa shape index (κ3) is 2.48. The van der Waals surface area contributed by atoms with Crippen LogP contribution >= 0.6 is 0 Å². The summed E-state index contributed by atoms with van der Waals surface area (Å²) in [6.07, 6.45) is -0.330. The second kappa shape index (κ2) is 4.47. The van der Waals surface area contributed by atoms with Crippen LogP contribution in [0.3, 0.4) is 0 Å². The molecule has 86 valence electrons. The van der Waals surface area contributed by atoms with Crippen molar-refractivity contribution in [2.75, 3.05) is 13.1 Å². The van der Waals surface area contributed by atoms with Crippen molar-refractivity contribution in [1.29, 1.82) is 0 Å². The average Bonchev–Trinajstić information content (AvgIpc) is 2.68. The molecule has 0 amide bonds. The Morgan fingerprint density at radius 2 is 2.00 bits per heavy atom. The third-order valence-electron chi connectivity index (χ3n) is 2.23. The first-order valence-electron chi connectivity index (χ1n) is 5.06. The Balaban J connectivity index is 2.08. The number of aliphatic imine (C=N–C) groups is 1. The lowest BCUT2D eigenvalue weighted by Gasteiger charge is -2.15. The lowest BCUT2D eigenvalue weighted by atomic mass is 10.3. The number of benzene rings is 1. The van der Waals surface area contributed by atoms with E-state index in [1.807, 2.05) is 0 Å². The van der Waals surface area contributed by atoms with Crippen molar-refractivity contribution < 1.29 is 13.5 Å². The molecule has 1 aromatic carbocycles. The second-order valence-electron chi connectivity index (χ2n) is 3.56. The maximum Gasteiger partial charge on any atom is 0.152 e. The van der Waals surface area contributed by atoms with Crippen LogP contribution in [0.4, 0.5) is 8.78 Å². The van der Waals surface area contributed by atoms with Crippen LogP contribution in [0.5, 0.6) is 5.75 Å². The molecule has 1 aromatic rings. The van der Waals surface area contributed by atoms with Crippen LogP contribution in [0.1, 0.15) is 6.92 Å². The van der Waals surface area contributed by atoms with Crippen molar-refractivity contribution in [3.63, 3.8) is 0 Å². The molecule has 0 bridgehead atoms. The van der Waals surface area contributed by atoms with Crippen LogP contribution in [-0.2, 0) is 0 Å². The van der Waals surface area contributed by atoms with Gasteiger partial charge in [0.2, 0.25) is 0 Å². The van der Waals surface area contributed by atoms with E-state index in [0.29, 0.717) is 12.4 Å². The highest BCUT2D eigenvalue weighted by atomic mass is 19.1. The first-order valence-corrected chi connectivity index (χ1v) is 5.06. The molecule has 2 rings (SSSR count). The molecule has 0 fully saturated rings. The van der Waals surface area contributed by atoms with Crippen molar-refractivity contribution in [2.24, 2.45) is 4.99 Å². The van der Waals surface area contributed by atoms with E-state index in [9.17, 15) is 8.78 Å². The van der Waals surface area contributed by atoms with Gasteiger partial charge in [0.1, 0.15) is 23.2 Å². The van der Waals surface area contributed by atoms with Crippen molar-refractivity contribution in [3.05, 3.63) is 29.8 Å². The van der Waals surface area contributed by atoms with E-state index in [1.54, 1.807) is 6.92 Å². The number of amidine groups is 1. The van der Waals surface area contributed by atoms with Gasteiger partial charge in [-0.2, -0.15) is 0 Å². The van der Waals surface area contributed by atoms with Gasteiger partial charge < -0.3 is 10.1 Å². The number of hydrogen-bond donors (Lipinski definition) is 1. The zero-order valence-electron chi connectivity index (χ0n) is 8.84. The average molecular weight is 226 g/mol. The minimum absolute atomic E-state index is 0.168. The van der Waals surface area contributed by atoms with Crippen LogP contribution in [0, 0.1) is 11.6 Å². The fraction of sp³-hybridized carbons (Fsp3) is 0.364. The zero-order valence-corrected chi connectivity index (χ0v) is 8.84. The maximum absolute atomic E-state index is 12.9. The molecule has 1 aliphatic rings. The van der Waals surface area contributed by atoms with E-state index in [1.165, 1.54) is 0 Å². The molecule has 1 unspecified atom stereocenters. The molecule has 0 aliphatic carbocycles. The Morgan fingerprint density at radius 3 is 2.56 bits per heavy atom. The lowest BCUT2D eigenvalue weighted by Crippen LogP contribution is -2.33. The molecule has 16 heavy (non-hydrogen) atoms. The van der Waals surface area contributed by atoms with Gasteiger partial charge in [0.25, 0.3) is 0 Å². The van der Waals surface area contributed by atoms with Crippen LogP contribution in [0.25, 0.3) is 0 Å². The van der Waals surface area contributed by atoms with Gasteiger partial charge in [-0.05, 0) is 6.92 Å². The highest BCUT2D eigenvalue weighted by Gasteiger charge is 2.15. The second-order valence-corrected chi connectivity index (χ2v) is 3.56. The van der Waals surface area contributed by atoms with Crippen LogP contribution in [-0.4, -0.2) is 25.0 Å². The molecule has 1 aliphatic heterocycles. The molecule has 0 aromatic heterocycles. The smallest absolute Gasteiger partial charge is 0.152 e. The summed E-state index contributed by atoms with van der Waals surface area (Å²) in [7, 11) is 0. The van der Waals surface area contributed by atoms with Crippen molar-refractivity contribution in [2.45, 2.75) is 13.0 Å². The summed E-state index contributed by atoms with van der Waals surface area (Å²) < 4.78 is 31.2. The molecule has 1 atom stereocenters. The summed E-state index contributed by atoms with van der Waals surface area (Å²) in [5.74, 6) is -0.418. The number of rotatable bonds is 3. The van der Waals surface area contributed by atoms with E-state index in [2.05, 4.69) is 10.3 Å². The Morgan fingerprint density at radius 1 is 1.31 bits per heavy atom. The monoisotopic (exact) mass is 226 g/mol. The van der Waals surface area contributed by atoms with Crippen LogP contribution in [0.2, 0.25) is 0 Å². The molecular formula is C11H12F2N2O. The van der Waals surface area contributed by atoms with E-state index >= 15 is 0 Å². The Bertz CT molecular complexity index is 400. The quantitative estimate of drug-likeness (QED) is 0.851. The number of hydrogen-bond acceptors (Lipinski definition) is 3. The fourth-order valence-electron chi connectivity index (χ4n) is 1.55. The van der Waals surface area contributed by atoms with Gasteiger partial charge in [-0.1, -0.05) is 0 Å². The number of halogens is 2. The number of ether oxygens (including phenoxy) is 1. The third-order valence-corrected chi connectivity index (χ3v) is 2.23. The molecule has 0 saturated heterocycles. The van der Waals surface area contributed by atoms with Crippen molar-refractivity contribution in [3.8, 4) is 5.75 Å². The minimum atomic E-state index is -0.650. The van der Waals surface area contributed by atoms with Crippen molar-refractivity contribution >= 4 is 5.84 Å². The lowest BCUT2D eigenvalue weighted by molar-refractivity contribution is 0.281. The SMILES string of the molecule is CC(Oc1cc(F)cc(F)c1)C1=NCCN1. The molecular weight excluding hydrogens is 214 g/mol. The first-order chi connectivity index (χ1) is 7.65. The van der Waals surface area contributed by atoms with Crippen LogP contribution < -0.4 is 10.1 Å². The summed E-state index contributed by atoms with van der Waals surface area (Å²) in [5, 5.41) is 3.04. The predicted molar refractivity (Wildman–Crippen MR) is 56.8 cm³/mol. The van der Waals surface area contributed by atoms with Crippen LogP contribution in [0.15, 0.2) is 23.2 Å². The minimum Gasteiger partial charge on any atom is -0.483 e. The Kier molecular flexibility index (Phi) is 3.03. The van der Waals surface area contributed by atoms with Gasteiger partial charge in [0.05, 0.1) is 6.54 Å². The Labute approximate surface area is 92.1 Å². The molecule has 5 heteroatoms. The predicted octanol–water partition coefficient (Wildman–Crippen LogP) is 1.73. The Hall–Kier alpha value is -1.65. The molecule has 0 radical (unpaired) electrons. The summed E-state index contributed by atoms with van der Waals surface area (Å²) in [6.45, 7) is 3.26. The van der Waals surface area contributed by atoms with E-state index in [4.69, 9.17) is 4.74 Å². The van der Waals surface area contributed by atoms with Gasteiger partial charge in [-0.15, -0.1) is 0 Å². The number of nitrogens with zero attached hydrogens (tertiary/aromatic N) is 1. The largest absolute Gasteiger partial charge is 0.483 e. The van der Waals surface area contributed by atoms with E-state index in [-0.39, 0.29) is 11.9 Å².